The summed E-state index contributed by atoms with van der Waals surface area (Å²) in [6.07, 6.45) is 11.2. The van der Waals surface area contributed by atoms with Gasteiger partial charge in [0.05, 0.1) is 0 Å². The van der Waals surface area contributed by atoms with Crippen LogP contribution in [0.2, 0.25) is 0 Å². The number of aryl methyl sites for hydroxylation is 15. The van der Waals surface area contributed by atoms with Gasteiger partial charge in [-0.3, -0.25) is 0 Å². The number of benzene rings is 10. The van der Waals surface area contributed by atoms with E-state index in [4.69, 9.17) is 0 Å². The lowest BCUT2D eigenvalue weighted by atomic mass is 9.91. The van der Waals surface area contributed by atoms with Gasteiger partial charge in [0.1, 0.15) is 0 Å². The Morgan fingerprint density at radius 1 is 0.250 bits per heavy atom. The first-order valence-corrected chi connectivity index (χ1v) is 29.3. The fourth-order valence-corrected chi connectivity index (χ4v) is 11.7. The molecule has 0 fully saturated rings. The number of hydrogen-bond acceptors (Lipinski definition) is 0. The van der Waals surface area contributed by atoms with Crippen molar-refractivity contribution in [1.82, 2.24) is 0 Å². The van der Waals surface area contributed by atoms with Gasteiger partial charge in [0.2, 0.25) is 0 Å². The zero-order valence-corrected chi connectivity index (χ0v) is 49.9. The van der Waals surface area contributed by atoms with Gasteiger partial charge >= 0.3 is 0 Å². The maximum absolute atomic E-state index is 2.35. The average Bonchev–Trinajstić information content (AvgIpc) is 3.46. The molecular weight excluding hydrogens is 913 g/mol. The minimum atomic E-state index is 1.11. The molecule has 0 spiro atoms. The predicted octanol–water partition coefficient (Wildman–Crippen LogP) is 21.7. The molecule has 0 saturated heterocycles. The van der Waals surface area contributed by atoms with Gasteiger partial charge in [-0.15, -0.1) is 0 Å². The van der Waals surface area contributed by atoms with E-state index in [1.165, 1.54) is 143 Å². The molecule has 0 aliphatic heterocycles. The smallest absolute Gasteiger partial charge is 0.0120 e. The molecule has 10 aromatic rings. The molecule has 396 valence electrons. The summed E-state index contributed by atoms with van der Waals surface area (Å²) in [4.78, 5) is 0. The van der Waals surface area contributed by atoms with E-state index in [1.807, 2.05) is 0 Å². The van der Waals surface area contributed by atoms with Gasteiger partial charge in [-0.1, -0.05) is 220 Å². The summed E-state index contributed by atoms with van der Waals surface area (Å²) < 4.78 is 0. The molecule has 0 heteroatoms. The third-order valence-corrected chi connectivity index (χ3v) is 16.3. The summed E-state index contributed by atoms with van der Waals surface area (Å²) in [5.74, 6) is 0. The Kier molecular flexibility index (Phi) is 21.7. The van der Waals surface area contributed by atoms with Gasteiger partial charge in [-0.25, -0.2) is 0 Å². The summed E-state index contributed by atoms with van der Waals surface area (Å²) in [7, 11) is 0. The molecule has 76 heavy (non-hydrogen) atoms. The first-order chi connectivity index (χ1) is 36.7. The van der Waals surface area contributed by atoms with Gasteiger partial charge in [-0.05, 0) is 243 Å². The molecule has 0 saturated carbocycles. The highest BCUT2D eigenvalue weighted by atomic mass is 14.2. The van der Waals surface area contributed by atoms with Crippen LogP contribution in [-0.2, 0) is 64.2 Å². The maximum atomic E-state index is 2.35. The van der Waals surface area contributed by atoms with Gasteiger partial charge in [0.25, 0.3) is 0 Å². The molecule has 0 atom stereocenters. The highest BCUT2D eigenvalue weighted by molar-refractivity contribution is 5.93. The average molecular weight is 1010 g/mol. The van der Waals surface area contributed by atoms with Crippen molar-refractivity contribution >= 4 is 53.9 Å². The van der Waals surface area contributed by atoms with Crippen LogP contribution in [0.1, 0.15) is 158 Å². The Bertz CT molecular complexity index is 3530. The highest BCUT2D eigenvalue weighted by Gasteiger charge is 2.10. The Hall–Kier alpha value is -6.50. The summed E-state index contributed by atoms with van der Waals surface area (Å²) in [6.45, 7) is 35.5. The fraction of sp³-hybridized carbons (Fsp3) is 0.342. The molecule has 0 aliphatic carbocycles. The molecule has 10 aromatic carbocycles. The van der Waals surface area contributed by atoms with Crippen LogP contribution in [0.3, 0.4) is 0 Å². The van der Waals surface area contributed by atoms with Crippen LogP contribution in [0, 0.1) is 41.5 Å². The lowest BCUT2D eigenvalue weighted by Crippen LogP contribution is -1.95. The normalized spacial score (nSPS) is 10.9. The third kappa shape index (κ3) is 13.5. The van der Waals surface area contributed by atoms with E-state index >= 15 is 0 Å². The van der Waals surface area contributed by atoms with E-state index in [9.17, 15) is 0 Å². The second-order valence-electron chi connectivity index (χ2n) is 21.0. The molecule has 0 heterocycles. The molecular formula is C76H92. The van der Waals surface area contributed by atoms with E-state index in [0.717, 1.165) is 64.2 Å². The standard InChI is InChI=1S/C16H20.4C15H18/c1-5-13-8-7-9-15-14(6-2)12(4)11(3)10-16(13)15;1-4-12-7-8-13(5-2)15-10-11(3)6-9-14(12)15;1-4-12-6-7-15-11(3)8-13(5-2)10-14(15)9-12;1-4-12-10-9-11(3)15-13(5-2)7-6-8-14(12)15;1-4-12-10-11(3)13(5-2)15-9-7-6-8-14(12)15/h7-10H,5-6H2,1-4H3;4*6-10H,4-5H2,1-3H3. The van der Waals surface area contributed by atoms with Gasteiger partial charge < -0.3 is 0 Å². The lowest BCUT2D eigenvalue weighted by molar-refractivity contribution is 1.10. The van der Waals surface area contributed by atoms with Crippen LogP contribution in [-0.4, -0.2) is 0 Å². The molecule has 0 aromatic heterocycles. The van der Waals surface area contributed by atoms with Crippen LogP contribution in [0.15, 0.2) is 146 Å². The second-order valence-corrected chi connectivity index (χ2v) is 21.0. The van der Waals surface area contributed by atoms with Crippen molar-refractivity contribution in [1.29, 1.82) is 0 Å². The topological polar surface area (TPSA) is 0 Å². The molecule has 10 rings (SSSR count). The second kappa shape index (κ2) is 28.0. The van der Waals surface area contributed by atoms with Crippen molar-refractivity contribution in [3.05, 3.63) is 235 Å². The first-order valence-electron chi connectivity index (χ1n) is 29.3. The third-order valence-electron chi connectivity index (χ3n) is 16.3. The monoisotopic (exact) mass is 1000 g/mol. The van der Waals surface area contributed by atoms with Crippen molar-refractivity contribution in [2.75, 3.05) is 0 Å². The van der Waals surface area contributed by atoms with Gasteiger partial charge in [0, 0.05) is 0 Å². The molecule has 0 nitrogen and oxygen atoms in total. The minimum absolute atomic E-state index is 1.11. The van der Waals surface area contributed by atoms with Crippen LogP contribution in [0.4, 0.5) is 0 Å². The maximum Gasteiger partial charge on any atom is -0.0120 e. The summed E-state index contributed by atoms with van der Waals surface area (Å²) in [6, 6.07) is 54.1. The molecule has 0 N–H and O–H groups in total. The van der Waals surface area contributed by atoms with Crippen LogP contribution >= 0.6 is 0 Å². The molecule has 0 aliphatic rings. The summed E-state index contributed by atoms with van der Waals surface area (Å²) in [5, 5.41) is 14.3. The van der Waals surface area contributed by atoms with Crippen LogP contribution in [0.5, 0.6) is 0 Å². The number of rotatable bonds is 10. The zero-order chi connectivity index (χ0) is 55.1. The summed E-state index contributed by atoms with van der Waals surface area (Å²) in [5.41, 5.74) is 23.2. The van der Waals surface area contributed by atoms with Crippen molar-refractivity contribution in [2.45, 2.75) is 175 Å². The highest BCUT2D eigenvalue weighted by Crippen LogP contribution is 2.31. The van der Waals surface area contributed by atoms with Crippen LogP contribution in [0.25, 0.3) is 53.9 Å². The quantitative estimate of drug-likeness (QED) is 0.128. The predicted molar refractivity (Wildman–Crippen MR) is 342 cm³/mol. The van der Waals surface area contributed by atoms with Crippen molar-refractivity contribution in [3.63, 3.8) is 0 Å². The van der Waals surface area contributed by atoms with Gasteiger partial charge in [0.15, 0.2) is 0 Å². The zero-order valence-electron chi connectivity index (χ0n) is 49.9. The van der Waals surface area contributed by atoms with Gasteiger partial charge in [-0.2, -0.15) is 0 Å². The number of fused-ring (bicyclic) bond motifs is 5. The van der Waals surface area contributed by atoms with Crippen LogP contribution < -0.4 is 0 Å². The molecule has 0 bridgehead atoms. The largest absolute Gasteiger partial charge is 0.0616 e. The molecule has 0 amide bonds. The van der Waals surface area contributed by atoms with E-state index in [0.29, 0.717) is 0 Å². The minimum Gasteiger partial charge on any atom is -0.0616 e. The Labute approximate surface area is 461 Å². The number of hydrogen-bond donors (Lipinski definition) is 0. The lowest BCUT2D eigenvalue weighted by Gasteiger charge is -2.14. The molecule has 0 unspecified atom stereocenters. The van der Waals surface area contributed by atoms with Crippen molar-refractivity contribution in [2.24, 2.45) is 0 Å². The summed E-state index contributed by atoms with van der Waals surface area (Å²) >= 11 is 0. The molecule has 0 radical (unpaired) electrons. The Morgan fingerprint density at radius 2 is 0.737 bits per heavy atom. The van der Waals surface area contributed by atoms with E-state index < -0.39 is 0 Å². The Morgan fingerprint density at radius 3 is 1.36 bits per heavy atom. The SMILES string of the molecule is CCc1cc(C)c(CC)c2ccccc12.CCc1ccc(C)c2c(CC)cccc12.CCc1ccc(CC)c2cc(C)ccc12.CCc1ccc2c(C)cc(CC)cc2c1.CCc1cccc2c(CC)c(C)c(C)cc12. The first kappa shape index (κ1) is 58.8. The van der Waals surface area contributed by atoms with Crippen molar-refractivity contribution in [3.8, 4) is 0 Å². The fourth-order valence-electron chi connectivity index (χ4n) is 11.7. The van der Waals surface area contributed by atoms with E-state index in [2.05, 4.69) is 256 Å². The van der Waals surface area contributed by atoms with E-state index in [1.54, 1.807) is 0 Å². The Balaban J connectivity index is 0.000000154. The van der Waals surface area contributed by atoms with E-state index in [-0.39, 0.29) is 0 Å². The van der Waals surface area contributed by atoms with Crippen molar-refractivity contribution < 1.29 is 0 Å².